The Labute approximate surface area is 154 Å². The van der Waals surface area contributed by atoms with E-state index in [1.54, 1.807) is 0 Å². The van der Waals surface area contributed by atoms with Crippen LogP contribution in [0.25, 0.3) is 10.8 Å². The van der Waals surface area contributed by atoms with Gasteiger partial charge in [0.15, 0.2) is 0 Å². The molecular formula is C23H23NO2. The first-order chi connectivity index (χ1) is 12.8. The number of ether oxygens (including phenoxy) is 1. The lowest BCUT2D eigenvalue weighted by atomic mass is 9.96. The van der Waals surface area contributed by atoms with Gasteiger partial charge in [-0.25, -0.2) is 0 Å². The number of carbonyl (C=O) groups excluding carboxylic acids is 1. The molecule has 3 heteroatoms. The Balaban J connectivity index is 1.26. The van der Waals surface area contributed by atoms with E-state index in [0.717, 1.165) is 18.6 Å². The van der Waals surface area contributed by atoms with Crippen molar-refractivity contribution >= 4 is 16.7 Å². The van der Waals surface area contributed by atoms with Crippen LogP contribution >= 0.6 is 0 Å². The number of hydrogen-bond donors (Lipinski definition) is 1. The Morgan fingerprint density at radius 1 is 1.00 bits per heavy atom. The average molecular weight is 345 g/mol. The molecule has 3 aromatic rings. The summed E-state index contributed by atoms with van der Waals surface area (Å²) in [5, 5.41) is 5.53. The Hall–Kier alpha value is -2.81. The molecule has 132 valence electrons. The third-order valence-corrected chi connectivity index (χ3v) is 5.00. The van der Waals surface area contributed by atoms with Crippen LogP contribution in [0.1, 0.15) is 17.5 Å². The minimum absolute atomic E-state index is 0.108. The zero-order chi connectivity index (χ0) is 17.8. The van der Waals surface area contributed by atoms with Crippen LogP contribution in [0.2, 0.25) is 0 Å². The van der Waals surface area contributed by atoms with Gasteiger partial charge in [-0.05, 0) is 40.8 Å². The molecule has 0 saturated carbocycles. The zero-order valence-corrected chi connectivity index (χ0v) is 14.8. The predicted octanol–water partition coefficient (Wildman–Crippen LogP) is 4.14. The van der Waals surface area contributed by atoms with E-state index in [4.69, 9.17) is 4.74 Å². The lowest BCUT2D eigenvalue weighted by Crippen LogP contribution is -2.34. The van der Waals surface area contributed by atoms with Gasteiger partial charge in [0.2, 0.25) is 5.91 Å². The van der Waals surface area contributed by atoms with Gasteiger partial charge >= 0.3 is 0 Å². The number of carbonyl (C=O) groups is 1. The number of amides is 1. The summed E-state index contributed by atoms with van der Waals surface area (Å²) in [7, 11) is 0. The van der Waals surface area contributed by atoms with Crippen molar-refractivity contribution in [2.24, 2.45) is 5.92 Å². The van der Waals surface area contributed by atoms with Crippen molar-refractivity contribution in [3.63, 3.8) is 0 Å². The topological polar surface area (TPSA) is 38.3 Å². The van der Waals surface area contributed by atoms with E-state index in [9.17, 15) is 4.79 Å². The first kappa shape index (κ1) is 16.6. The van der Waals surface area contributed by atoms with Crippen molar-refractivity contribution in [3.8, 4) is 5.75 Å². The van der Waals surface area contributed by atoms with Crippen LogP contribution in [0.4, 0.5) is 0 Å². The highest BCUT2D eigenvalue weighted by Crippen LogP contribution is 2.26. The fourth-order valence-corrected chi connectivity index (χ4v) is 3.52. The minimum Gasteiger partial charge on any atom is -0.493 e. The largest absolute Gasteiger partial charge is 0.493 e. The Bertz CT molecular complexity index is 919. The van der Waals surface area contributed by atoms with E-state index >= 15 is 0 Å². The summed E-state index contributed by atoms with van der Waals surface area (Å²) < 4.78 is 5.79. The van der Waals surface area contributed by atoms with Crippen molar-refractivity contribution < 1.29 is 9.53 Å². The van der Waals surface area contributed by atoms with Gasteiger partial charge in [0.1, 0.15) is 5.75 Å². The van der Waals surface area contributed by atoms with Gasteiger partial charge in [0.25, 0.3) is 0 Å². The lowest BCUT2D eigenvalue weighted by Gasteiger charge is -2.25. The monoisotopic (exact) mass is 345 g/mol. The molecule has 3 nitrogen and oxygen atoms in total. The molecule has 1 aliphatic rings. The highest BCUT2D eigenvalue weighted by molar-refractivity contribution is 5.83. The Morgan fingerprint density at radius 3 is 2.73 bits per heavy atom. The molecule has 1 heterocycles. The maximum atomic E-state index is 12.2. The van der Waals surface area contributed by atoms with E-state index in [1.807, 2.05) is 30.3 Å². The second-order valence-electron chi connectivity index (χ2n) is 6.97. The molecular weight excluding hydrogens is 322 g/mol. The second kappa shape index (κ2) is 7.61. The van der Waals surface area contributed by atoms with E-state index < -0.39 is 0 Å². The average Bonchev–Trinajstić information content (AvgIpc) is 2.70. The second-order valence-corrected chi connectivity index (χ2v) is 6.97. The molecule has 0 spiro atoms. The summed E-state index contributed by atoms with van der Waals surface area (Å²) in [5.74, 6) is 1.43. The van der Waals surface area contributed by atoms with E-state index in [2.05, 4.69) is 41.7 Å². The van der Waals surface area contributed by atoms with Crippen LogP contribution in [0.15, 0.2) is 66.7 Å². The Morgan fingerprint density at radius 2 is 1.81 bits per heavy atom. The van der Waals surface area contributed by atoms with Gasteiger partial charge in [-0.15, -0.1) is 0 Å². The van der Waals surface area contributed by atoms with Crippen LogP contribution in [-0.4, -0.2) is 19.1 Å². The van der Waals surface area contributed by atoms with Gasteiger partial charge in [0.05, 0.1) is 6.61 Å². The van der Waals surface area contributed by atoms with Crippen molar-refractivity contribution in [1.29, 1.82) is 0 Å². The number of fused-ring (bicyclic) bond motifs is 2. The zero-order valence-electron chi connectivity index (χ0n) is 14.8. The molecule has 0 aliphatic carbocycles. The minimum atomic E-state index is 0.108. The summed E-state index contributed by atoms with van der Waals surface area (Å²) >= 11 is 0. The highest BCUT2D eigenvalue weighted by atomic mass is 16.5. The van der Waals surface area contributed by atoms with E-state index in [0.29, 0.717) is 25.5 Å². The molecule has 0 fully saturated rings. The van der Waals surface area contributed by atoms with Crippen LogP contribution in [0, 0.1) is 5.92 Å². The van der Waals surface area contributed by atoms with Crippen LogP contribution in [0.3, 0.4) is 0 Å². The first-order valence-electron chi connectivity index (χ1n) is 9.23. The molecule has 26 heavy (non-hydrogen) atoms. The normalized spacial score (nSPS) is 15.9. The summed E-state index contributed by atoms with van der Waals surface area (Å²) in [6.45, 7) is 1.34. The number of hydrogen-bond acceptors (Lipinski definition) is 2. The molecule has 1 N–H and O–H groups in total. The quantitative estimate of drug-likeness (QED) is 0.755. The van der Waals surface area contributed by atoms with Gasteiger partial charge < -0.3 is 10.1 Å². The van der Waals surface area contributed by atoms with Gasteiger partial charge in [-0.3, -0.25) is 4.79 Å². The summed E-state index contributed by atoms with van der Waals surface area (Å²) in [4.78, 5) is 12.2. The van der Waals surface area contributed by atoms with E-state index in [-0.39, 0.29) is 5.91 Å². The van der Waals surface area contributed by atoms with Gasteiger partial charge in [-0.1, -0.05) is 60.7 Å². The van der Waals surface area contributed by atoms with Crippen LogP contribution in [-0.2, 0) is 17.6 Å². The molecule has 3 aromatic carbocycles. The Kier molecular flexibility index (Phi) is 4.87. The fourth-order valence-electron chi connectivity index (χ4n) is 3.52. The molecule has 0 radical (unpaired) electrons. The molecule has 4 rings (SSSR count). The molecule has 0 bridgehead atoms. The number of aryl methyl sites for hydroxylation is 1. The van der Waals surface area contributed by atoms with Crippen molar-refractivity contribution in [2.75, 3.05) is 13.2 Å². The highest BCUT2D eigenvalue weighted by Gasteiger charge is 2.19. The van der Waals surface area contributed by atoms with Crippen LogP contribution in [0.5, 0.6) is 5.75 Å². The number of rotatable bonds is 5. The van der Waals surface area contributed by atoms with Crippen molar-refractivity contribution in [1.82, 2.24) is 5.32 Å². The van der Waals surface area contributed by atoms with Gasteiger partial charge in [0, 0.05) is 18.9 Å². The summed E-state index contributed by atoms with van der Waals surface area (Å²) in [5.41, 5.74) is 2.43. The molecule has 1 aliphatic heterocycles. The predicted molar refractivity (Wildman–Crippen MR) is 104 cm³/mol. The SMILES string of the molecule is O=C(CCc1ccc2ccccc2c1)NC[C@@H]1COc2ccccc2C1. The molecule has 0 unspecified atom stereocenters. The third kappa shape index (κ3) is 3.88. The molecule has 1 atom stereocenters. The van der Waals surface area contributed by atoms with Crippen molar-refractivity contribution in [2.45, 2.75) is 19.3 Å². The van der Waals surface area contributed by atoms with Crippen LogP contribution < -0.4 is 10.1 Å². The maximum absolute atomic E-state index is 12.2. The van der Waals surface area contributed by atoms with Gasteiger partial charge in [-0.2, -0.15) is 0 Å². The van der Waals surface area contributed by atoms with E-state index in [1.165, 1.54) is 21.9 Å². The number of benzene rings is 3. The fraction of sp³-hybridized carbons (Fsp3) is 0.261. The number of nitrogens with one attached hydrogen (secondary N) is 1. The lowest BCUT2D eigenvalue weighted by molar-refractivity contribution is -0.121. The third-order valence-electron chi connectivity index (χ3n) is 5.00. The summed E-state index contributed by atoms with van der Waals surface area (Å²) in [6, 6.07) is 22.9. The maximum Gasteiger partial charge on any atom is 0.220 e. The molecule has 0 saturated heterocycles. The summed E-state index contributed by atoms with van der Waals surface area (Å²) in [6.07, 6.45) is 2.24. The molecule has 1 amide bonds. The molecule has 0 aromatic heterocycles. The smallest absolute Gasteiger partial charge is 0.220 e. The number of para-hydroxylation sites is 1. The standard InChI is InChI=1S/C23H23NO2/c25-23(12-10-17-9-11-19-5-1-2-6-20(19)13-17)24-15-18-14-21-7-3-4-8-22(21)26-16-18/h1-9,11,13,18H,10,12,14-16H2,(H,24,25)/t18-/m1/s1. The first-order valence-corrected chi connectivity index (χ1v) is 9.23. The van der Waals surface area contributed by atoms with Crippen molar-refractivity contribution in [3.05, 3.63) is 77.9 Å².